The first-order chi connectivity index (χ1) is 8.54. The van der Waals surface area contributed by atoms with Gasteiger partial charge in [0, 0.05) is 13.0 Å². The van der Waals surface area contributed by atoms with E-state index in [1.807, 2.05) is 0 Å². The molecule has 0 saturated carbocycles. The molecular formula is C12H16N2O4. The van der Waals surface area contributed by atoms with Crippen LogP contribution in [0.1, 0.15) is 23.2 Å². The third kappa shape index (κ3) is 3.97. The van der Waals surface area contributed by atoms with Crippen molar-refractivity contribution in [1.82, 2.24) is 5.32 Å². The van der Waals surface area contributed by atoms with E-state index in [1.54, 1.807) is 6.07 Å². The van der Waals surface area contributed by atoms with E-state index in [9.17, 15) is 14.7 Å². The highest BCUT2D eigenvalue weighted by Crippen LogP contribution is 2.22. The highest BCUT2D eigenvalue weighted by atomic mass is 16.5. The third-order valence-electron chi connectivity index (χ3n) is 2.33. The van der Waals surface area contributed by atoms with Gasteiger partial charge in [0.2, 0.25) is 5.91 Å². The lowest BCUT2D eigenvalue weighted by molar-refractivity contribution is -0.118. The first kappa shape index (κ1) is 13.8. The van der Waals surface area contributed by atoms with Gasteiger partial charge >= 0.3 is 0 Å². The van der Waals surface area contributed by atoms with E-state index >= 15 is 0 Å². The number of amides is 2. The van der Waals surface area contributed by atoms with E-state index in [1.165, 1.54) is 19.2 Å². The molecule has 1 aromatic carbocycles. The molecule has 0 unspecified atom stereocenters. The topological polar surface area (TPSA) is 102 Å². The normalized spacial score (nSPS) is 9.83. The predicted molar refractivity (Wildman–Crippen MR) is 65.4 cm³/mol. The van der Waals surface area contributed by atoms with Gasteiger partial charge in [-0.05, 0) is 24.6 Å². The molecule has 0 aliphatic carbocycles. The molecule has 0 aliphatic heterocycles. The maximum Gasteiger partial charge on any atom is 0.255 e. The lowest BCUT2D eigenvalue weighted by atomic mass is 10.1. The Morgan fingerprint density at radius 2 is 2.17 bits per heavy atom. The molecule has 6 nitrogen and oxygen atoms in total. The monoisotopic (exact) mass is 252 g/mol. The van der Waals surface area contributed by atoms with Crippen LogP contribution >= 0.6 is 0 Å². The number of carbonyl (C=O) groups is 2. The summed E-state index contributed by atoms with van der Waals surface area (Å²) >= 11 is 0. The van der Waals surface area contributed by atoms with Crippen molar-refractivity contribution < 1.29 is 19.4 Å². The molecule has 18 heavy (non-hydrogen) atoms. The molecule has 6 heteroatoms. The SMILES string of the molecule is COc1ccc(O)c(C(=O)NCCCC(N)=O)c1. The quantitative estimate of drug-likeness (QED) is 0.637. The fourth-order valence-electron chi connectivity index (χ4n) is 1.38. The summed E-state index contributed by atoms with van der Waals surface area (Å²) in [5, 5.41) is 12.1. The van der Waals surface area contributed by atoms with Crippen LogP contribution in [0.3, 0.4) is 0 Å². The second kappa shape index (κ2) is 6.48. The number of hydrogen-bond acceptors (Lipinski definition) is 4. The third-order valence-corrected chi connectivity index (χ3v) is 2.33. The minimum atomic E-state index is -0.420. The zero-order valence-corrected chi connectivity index (χ0v) is 10.1. The fraction of sp³-hybridized carbons (Fsp3) is 0.333. The van der Waals surface area contributed by atoms with Crippen LogP contribution in [0.2, 0.25) is 0 Å². The minimum absolute atomic E-state index is 0.122. The van der Waals surface area contributed by atoms with E-state index in [4.69, 9.17) is 10.5 Å². The molecule has 0 spiro atoms. The summed E-state index contributed by atoms with van der Waals surface area (Å²) in [7, 11) is 1.47. The number of nitrogens with two attached hydrogens (primary N) is 1. The first-order valence-corrected chi connectivity index (χ1v) is 5.48. The highest BCUT2D eigenvalue weighted by Gasteiger charge is 2.11. The molecule has 0 saturated heterocycles. The minimum Gasteiger partial charge on any atom is -0.507 e. The van der Waals surface area contributed by atoms with E-state index in [0.717, 1.165) is 0 Å². The summed E-state index contributed by atoms with van der Waals surface area (Å²) in [5.41, 5.74) is 5.11. The lowest BCUT2D eigenvalue weighted by Crippen LogP contribution is -2.25. The largest absolute Gasteiger partial charge is 0.507 e. The fourth-order valence-corrected chi connectivity index (χ4v) is 1.38. The zero-order chi connectivity index (χ0) is 13.5. The van der Waals surface area contributed by atoms with Crippen molar-refractivity contribution in [2.45, 2.75) is 12.8 Å². The van der Waals surface area contributed by atoms with Crippen LogP contribution in [0.4, 0.5) is 0 Å². The lowest BCUT2D eigenvalue weighted by Gasteiger charge is -2.08. The van der Waals surface area contributed by atoms with Gasteiger partial charge in [0.25, 0.3) is 5.91 Å². The van der Waals surface area contributed by atoms with Crippen molar-refractivity contribution in [3.05, 3.63) is 23.8 Å². The van der Waals surface area contributed by atoms with E-state index in [0.29, 0.717) is 18.7 Å². The van der Waals surface area contributed by atoms with E-state index in [2.05, 4.69) is 5.32 Å². The number of hydrogen-bond donors (Lipinski definition) is 3. The van der Waals surface area contributed by atoms with Gasteiger partial charge in [-0.3, -0.25) is 9.59 Å². The Bertz CT molecular complexity index is 446. The smallest absolute Gasteiger partial charge is 0.255 e. The van der Waals surface area contributed by atoms with E-state index < -0.39 is 11.8 Å². The Balaban J connectivity index is 2.58. The summed E-state index contributed by atoms with van der Waals surface area (Å²) in [4.78, 5) is 22.2. The molecule has 2 amide bonds. The number of ether oxygens (including phenoxy) is 1. The van der Waals surface area contributed by atoms with Crippen molar-refractivity contribution in [2.75, 3.05) is 13.7 Å². The van der Waals surface area contributed by atoms with Gasteiger partial charge in [-0.2, -0.15) is 0 Å². The van der Waals surface area contributed by atoms with E-state index in [-0.39, 0.29) is 17.7 Å². The number of phenolic OH excluding ortho intramolecular Hbond substituents is 1. The summed E-state index contributed by atoms with van der Waals surface area (Å²) in [6.45, 7) is 0.318. The average molecular weight is 252 g/mol. The maximum atomic E-state index is 11.7. The Labute approximate surface area is 105 Å². The van der Waals surface area contributed by atoms with Gasteiger partial charge in [-0.1, -0.05) is 0 Å². The van der Waals surface area contributed by atoms with Crippen molar-refractivity contribution in [2.24, 2.45) is 5.73 Å². The number of nitrogens with one attached hydrogen (secondary N) is 1. The summed E-state index contributed by atoms with van der Waals surface area (Å²) < 4.78 is 4.96. The predicted octanol–water partition coefficient (Wildman–Crippen LogP) is 0.396. The van der Waals surface area contributed by atoms with Gasteiger partial charge in [-0.15, -0.1) is 0 Å². The van der Waals surface area contributed by atoms with Crippen molar-refractivity contribution >= 4 is 11.8 Å². The molecule has 1 aromatic rings. The molecule has 0 aromatic heterocycles. The van der Waals surface area contributed by atoms with Crippen LogP contribution in [0.15, 0.2) is 18.2 Å². The van der Waals surface area contributed by atoms with Crippen LogP contribution in [-0.2, 0) is 4.79 Å². The summed E-state index contributed by atoms with van der Waals surface area (Å²) in [5.74, 6) is -0.470. The average Bonchev–Trinajstić information content (AvgIpc) is 2.34. The summed E-state index contributed by atoms with van der Waals surface area (Å²) in [6, 6.07) is 4.38. The number of phenols is 1. The second-order valence-corrected chi connectivity index (χ2v) is 3.71. The number of aromatic hydroxyl groups is 1. The number of benzene rings is 1. The van der Waals surface area contributed by atoms with Gasteiger partial charge in [0.1, 0.15) is 11.5 Å². The van der Waals surface area contributed by atoms with Gasteiger partial charge in [-0.25, -0.2) is 0 Å². The van der Waals surface area contributed by atoms with Crippen molar-refractivity contribution in [1.29, 1.82) is 0 Å². The maximum absolute atomic E-state index is 11.7. The van der Waals surface area contributed by atoms with Crippen LogP contribution in [-0.4, -0.2) is 30.6 Å². The number of carbonyl (C=O) groups excluding carboxylic acids is 2. The Morgan fingerprint density at radius 1 is 1.44 bits per heavy atom. The standard InChI is InChI=1S/C12H16N2O4/c1-18-8-4-5-10(15)9(7-8)12(17)14-6-2-3-11(13)16/h4-5,7,15H,2-3,6H2,1H3,(H2,13,16)(H,14,17). The molecule has 4 N–H and O–H groups in total. The van der Waals surface area contributed by atoms with Crippen LogP contribution in [0.25, 0.3) is 0 Å². The molecule has 0 bridgehead atoms. The first-order valence-electron chi connectivity index (χ1n) is 5.48. The second-order valence-electron chi connectivity index (χ2n) is 3.71. The zero-order valence-electron chi connectivity index (χ0n) is 10.1. The van der Waals surface area contributed by atoms with Gasteiger partial charge in [0.05, 0.1) is 12.7 Å². The highest BCUT2D eigenvalue weighted by molar-refractivity contribution is 5.97. The van der Waals surface area contributed by atoms with Crippen molar-refractivity contribution in [3.8, 4) is 11.5 Å². The molecule has 0 aliphatic rings. The summed E-state index contributed by atoms with van der Waals surface area (Å²) in [6.07, 6.45) is 0.677. The number of rotatable bonds is 6. The Hall–Kier alpha value is -2.24. The molecule has 0 heterocycles. The Morgan fingerprint density at radius 3 is 2.78 bits per heavy atom. The molecule has 98 valence electrons. The molecule has 0 atom stereocenters. The van der Waals surface area contributed by atoms with Crippen LogP contribution < -0.4 is 15.8 Å². The van der Waals surface area contributed by atoms with Crippen LogP contribution in [0.5, 0.6) is 11.5 Å². The van der Waals surface area contributed by atoms with Crippen molar-refractivity contribution in [3.63, 3.8) is 0 Å². The number of methoxy groups -OCH3 is 1. The van der Waals surface area contributed by atoms with Gasteiger partial charge < -0.3 is 20.9 Å². The molecule has 0 radical (unpaired) electrons. The molecule has 0 fully saturated rings. The molecule has 1 rings (SSSR count). The molecular weight excluding hydrogens is 236 g/mol. The Kier molecular flexibility index (Phi) is 4.98. The van der Waals surface area contributed by atoms with Gasteiger partial charge in [0.15, 0.2) is 0 Å². The van der Waals surface area contributed by atoms with Crippen LogP contribution in [0, 0.1) is 0 Å². The number of primary amides is 1.